The number of amides is 1. The van der Waals surface area contributed by atoms with Gasteiger partial charge in [0.05, 0.1) is 6.61 Å². The summed E-state index contributed by atoms with van der Waals surface area (Å²) in [5.41, 5.74) is 0.962. The predicted octanol–water partition coefficient (Wildman–Crippen LogP) is 0.810. The molecule has 1 aromatic rings. The van der Waals surface area contributed by atoms with E-state index in [9.17, 15) is 13.2 Å². The van der Waals surface area contributed by atoms with Crippen LogP contribution in [0, 0.1) is 0 Å². The minimum Gasteiger partial charge on any atom is -0.449 e. The first kappa shape index (κ1) is 14.5. The van der Waals surface area contributed by atoms with Gasteiger partial charge >= 0.3 is 6.09 Å². The molecular weight excluding hydrogens is 256 g/mol. The van der Waals surface area contributed by atoms with Gasteiger partial charge in [-0.2, -0.15) is 0 Å². The van der Waals surface area contributed by atoms with Gasteiger partial charge in [-0.15, -0.1) is 0 Å². The molecule has 100 valence electrons. The summed E-state index contributed by atoms with van der Waals surface area (Å²) in [7, 11) is -3.71. The van der Waals surface area contributed by atoms with Gasteiger partial charge in [0.15, 0.2) is 0 Å². The highest BCUT2D eigenvalue weighted by Crippen LogP contribution is 1.97. The van der Waals surface area contributed by atoms with Crippen LogP contribution in [0.2, 0.25) is 0 Å². The Balaban J connectivity index is 2.36. The highest BCUT2D eigenvalue weighted by Gasteiger charge is 2.14. The third-order valence-corrected chi connectivity index (χ3v) is 3.04. The van der Waals surface area contributed by atoms with Crippen molar-refractivity contribution in [3.63, 3.8) is 0 Å². The number of ether oxygens (including phenoxy) is 1. The largest absolute Gasteiger partial charge is 0.449 e. The van der Waals surface area contributed by atoms with Crippen molar-refractivity contribution in [1.82, 2.24) is 10.0 Å². The highest BCUT2D eigenvalue weighted by atomic mass is 32.2. The molecule has 0 radical (unpaired) electrons. The molecule has 0 aliphatic heterocycles. The lowest BCUT2D eigenvalue weighted by molar-refractivity contribution is 0.158. The molecule has 0 aliphatic rings. The fraction of sp³-hybridized carbons (Fsp3) is 0.364. The zero-order valence-corrected chi connectivity index (χ0v) is 10.9. The quantitative estimate of drug-likeness (QED) is 0.800. The van der Waals surface area contributed by atoms with E-state index in [1.807, 2.05) is 30.3 Å². The van der Waals surface area contributed by atoms with E-state index in [4.69, 9.17) is 0 Å². The van der Waals surface area contributed by atoms with Gasteiger partial charge in [-0.05, 0) is 12.5 Å². The van der Waals surface area contributed by atoms with Crippen LogP contribution in [0.15, 0.2) is 30.3 Å². The smallest absolute Gasteiger partial charge is 0.420 e. The Morgan fingerprint density at radius 2 is 1.94 bits per heavy atom. The van der Waals surface area contributed by atoms with Crippen molar-refractivity contribution in [2.24, 2.45) is 0 Å². The highest BCUT2D eigenvalue weighted by molar-refractivity contribution is 7.89. The second-order valence-electron chi connectivity index (χ2n) is 3.49. The number of nitrogens with one attached hydrogen (secondary N) is 2. The molecule has 0 atom stereocenters. The van der Waals surface area contributed by atoms with Crippen molar-refractivity contribution in [2.45, 2.75) is 13.5 Å². The van der Waals surface area contributed by atoms with E-state index >= 15 is 0 Å². The van der Waals surface area contributed by atoms with Gasteiger partial charge in [0.25, 0.3) is 10.0 Å². The van der Waals surface area contributed by atoms with Gasteiger partial charge in [0, 0.05) is 6.54 Å². The maximum absolute atomic E-state index is 11.4. The summed E-state index contributed by atoms with van der Waals surface area (Å²) in [6, 6.07) is 9.35. The topological polar surface area (TPSA) is 84.5 Å². The molecule has 1 rings (SSSR count). The molecule has 0 saturated carbocycles. The fourth-order valence-electron chi connectivity index (χ4n) is 1.25. The Labute approximate surface area is 106 Å². The third kappa shape index (κ3) is 5.65. The summed E-state index contributed by atoms with van der Waals surface area (Å²) in [5.74, 6) is -0.347. The normalized spacial score (nSPS) is 10.9. The number of sulfonamides is 1. The molecule has 18 heavy (non-hydrogen) atoms. The Morgan fingerprint density at radius 1 is 1.28 bits per heavy atom. The van der Waals surface area contributed by atoms with E-state index in [0.29, 0.717) is 6.54 Å². The van der Waals surface area contributed by atoms with Gasteiger partial charge in [-0.1, -0.05) is 30.3 Å². The first-order valence-corrected chi connectivity index (χ1v) is 7.10. The van der Waals surface area contributed by atoms with E-state index in [1.54, 1.807) is 11.6 Å². The second kappa shape index (κ2) is 6.97. The summed E-state index contributed by atoms with van der Waals surface area (Å²) in [6.45, 7) is 2.13. The minimum atomic E-state index is -3.71. The Bertz CT molecular complexity index is 473. The van der Waals surface area contributed by atoms with E-state index in [0.717, 1.165) is 5.56 Å². The molecule has 1 aromatic carbocycles. The summed E-state index contributed by atoms with van der Waals surface area (Å²) < 4.78 is 29.1. The Morgan fingerprint density at radius 3 is 2.56 bits per heavy atom. The lowest BCUT2D eigenvalue weighted by Crippen LogP contribution is -2.37. The van der Waals surface area contributed by atoms with E-state index in [1.165, 1.54) is 0 Å². The van der Waals surface area contributed by atoms with Gasteiger partial charge in [0.1, 0.15) is 5.88 Å². The summed E-state index contributed by atoms with van der Waals surface area (Å²) >= 11 is 0. The monoisotopic (exact) mass is 272 g/mol. The summed E-state index contributed by atoms with van der Waals surface area (Å²) in [4.78, 5) is 11.0. The second-order valence-corrected chi connectivity index (χ2v) is 5.22. The van der Waals surface area contributed by atoms with Gasteiger partial charge in [-0.3, -0.25) is 5.32 Å². The molecule has 0 spiro atoms. The van der Waals surface area contributed by atoms with Crippen LogP contribution in [0.4, 0.5) is 4.79 Å². The van der Waals surface area contributed by atoms with Gasteiger partial charge in [-0.25, -0.2) is 17.9 Å². The van der Waals surface area contributed by atoms with Crippen LogP contribution in [0.5, 0.6) is 0 Å². The zero-order valence-electron chi connectivity index (χ0n) is 10.0. The maximum Gasteiger partial charge on any atom is 0.420 e. The van der Waals surface area contributed by atoms with Crippen molar-refractivity contribution >= 4 is 16.1 Å². The molecule has 1 amide bonds. The van der Waals surface area contributed by atoms with Gasteiger partial charge in [0.2, 0.25) is 0 Å². The molecule has 0 aliphatic carbocycles. The molecule has 0 aromatic heterocycles. The van der Waals surface area contributed by atoms with Crippen LogP contribution in [0.3, 0.4) is 0 Å². The predicted molar refractivity (Wildman–Crippen MR) is 67.2 cm³/mol. The molecule has 6 nitrogen and oxygen atoms in total. The number of carbonyl (C=O) groups excluding carboxylic acids is 1. The minimum absolute atomic E-state index is 0.124. The van der Waals surface area contributed by atoms with E-state index < -0.39 is 16.1 Å². The van der Waals surface area contributed by atoms with Crippen LogP contribution in [-0.2, 0) is 21.3 Å². The standard InChI is InChI=1S/C11H16N2O4S/c1-2-17-11(14)13-18(15,16)9-12-8-10-6-4-3-5-7-10/h3-7,12H,2,8-9H2,1H3,(H,13,14). The number of carbonyl (C=O) groups is 1. The van der Waals surface area contributed by atoms with Crippen molar-refractivity contribution < 1.29 is 17.9 Å². The molecule has 0 unspecified atom stereocenters. The third-order valence-electron chi connectivity index (χ3n) is 1.98. The van der Waals surface area contributed by atoms with Gasteiger partial charge < -0.3 is 4.74 Å². The Hall–Kier alpha value is -1.60. The summed E-state index contributed by atoms with van der Waals surface area (Å²) in [5, 5.41) is 2.73. The van der Waals surface area contributed by atoms with Crippen molar-refractivity contribution in [2.75, 3.05) is 12.5 Å². The van der Waals surface area contributed by atoms with Crippen LogP contribution in [-0.4, -0.2) is 27.0 Å². The Kier molecular flexibility index (Phi) is 5.60. The first-order valence-electron chi connectivity index (χ1n) is 5.45. The summed E-state index contributed by atoms with van der Waals surface area (Å²) in [6.07, 6.45) is -0.959. The average Bonchev–Trinajstić information content (AvgIpc) is 2.29. The average molecular weight is 272 g/mol. The van der Waals surface area contributed by atoms with Crippen molar-refractivity contribution in [3.8, 4) is 0 Å². The van der Waals surface area contributed by atoms with Crippen molar-refractivity contribution in [1.29, 1.82) is 0 Å². The fourth-order valence-corrected chi connectivity index (χ4v) is 2.01. The lowest BCUT2D eigenvalue weighted by atomic mass is 10.2. The number of benzene rings is 1. The molecule has 0 bridgehead atoms. The SMILES string of the molecule is CCOC(=O)NS(=O)(=O)CNCc1ccccc1. The molecule has 7 heteroatoms. The molecule has 0 saturated heterocycles. The van der Waals surface area contributed by atoms with Crippen LogP contribution in [0.25, 0.3) is 0 Å². The maximum atomic E-state index is 11.4. The van der Waals surface area contributed by atoms with Crippen LogP contribution in [0.1, 0.15) is 12.5 Å². The zero-order chi connectivity index (χ0) is 13.4. The lowest BCUT2D eigenvalue weighted by Gasteiger charge is -2.08. The molecule has 0 fully saturated rings. The van der Waals surface area contributed by atoms with Crippen LogP contribution >= 0.6 is 0 Å². The number of rotatable bonds is 6. The molecular formula is C11H16N2O4S. The number of hydrogen-bond donors (Lipinski definition) is 2. The van der Waals surface area contributed by atoms with Crippen molar-refractivity contribution in [3.05, 3.63) is 35.9 Å². The number of hydrogen-bond acceptors (Lipinski definition) is 5. The van der Waals surface area contributed by atoms with E-state index in [2.05, 4.69) is 10.1 Å². The molecule has 0 heterocycles. The first-order chi connectivity index (χ1) is 8.53. The van der Waals surface area contributed by atoms with E-state index in [-0.39, 0.29) is 12.5 Å². The van der Waals surface area contributed by atoms with Crippen LogP contribution < -0.4 is 10.0 Å². The molecule has 2 N–H and O–H groups in total.